The van der Waals surface area contributed by atoms with E-state index in [0.29, 0.717) is 0 Å². The molecule has 0 aromatic rings. The van der Waals surface area contributed by atoms with Crippen LogP contribution in [-0.4, -0.2) is 37.6 Å². The van der Waals surface area contributed by atoms with E-state index < -0.39 is 0 Å². The molecule has 0 amide bonds. The van der Waals surface area contributed by atoms with Crippen LogP contribution < -0.4 is 5.32 Å². The second kappa shape index (κ2) is 9.42. The lowest BCUT2D eigenvalue weighted by Crippen LogP contribution is -2.42. The highest BCUT2D eigenvalue weighted by molar-refractivity contribution is 4.90. The molecule has 1 aliphatic carbocycles. The van der Waals surface area contributed by atoms with Crippen molar-refractivity contribution in [1.29, 1.82) is 0 Å². The summed E-state index contributed by atoms with van der Waals surface area (Å²) in [5, 5.41) is 3.54. The molecule has 0 radical (unpaired) electrons. The van der Waals surface area contributed by atoms with E-state index in [2.05, 4.69) is 24.1 Å². The molecule has 0 bridgehead atoms. The van der Waals surface area contributed by atoms with Gasteiger partial charge in [0.25, 0.3) is 0 Å². The molecule has 0 aromatic heterocycles. The molecule has 23 heavy (non-hydrogen) atoms. The van der Waals surface area contributed by atoms with Crippen LogP contribution in [0, 0.1) is 23.2 Å². The maximum Gasteiger partial charge on any atom is 0.000967 e. The van der Waals surface area contributed by atoms with Crippen LogP contribution in [-0.2, 0) is 0 Å². The van der Waals surface area contributed by atoms with Crippen LogP contribution in [0.15, 0.2) is 0 Å². The lowest BCUT2D eigenvalue weighted by Gasteiger charge is -2.44. The number of hydrogen-bond donors (Lipinski definition) is 1. The zero-order valence-corrected chi connectivity index (χ0v) is 16.4. The molecule has 136 valence electrons. The molecule has 1 saturated carbocycles. The van der Waals surface area contributed by atoms with Crippen molar-refractivity contribution in [2.45, 2.75) is 79.1 Å². The fourth-order valence-electron chi connectivity index (χ4n) is 5.10. The summed E-state index contributed by atoms with van der Waals surface area (Å²) in [6, 6.07) is 0. The lowest BCUT2D eigenvalue weighted by atomic mass is 9.65. The van der Waals surface area contributed by atoms with E-state index in [0.717, 1.165) is 23.2 Å². The molecule has 2 aliphatic heterocycles. The Hall–Kier alpha value is -0.0800. The molecule has 2 heterocycles. The van der Waals surface area contributed by atoms with Crippen molar-refractivity contribution in [3.05, 3.63) is 0 Å². The average Bonchev–Trinajstić information content (AvgIpc) is 2.60. The van der Waals surface area contributed by atoms with E-state index in [1.165, 1.54) is 84.1 Å². The Morgan fingerprint density at radius 3 is 2.00 bits per heavy atom. The molecular formula is C21H42N2. The minimum Gasteiger partial charge on any atom is -0.317 e. The molecule has 1 N–H and O–H groups in total. The summed E-state index contributed by atoms with van der Waals surface area (Å²) < 4.78 is 0. The van der Waals surface area contributed by atoms with Crippen LogP contribution in [0.1, 0.15) is 79.1 Å². The van der Waals surface area contributed by atoms with Crippen molar-refractivity contribution in [2.75, 3.05) is 32.7 Å². The molecule has 3 aliphatic rings. The van der Waals surface area contributed by atoms with Crippen LogP contribution >= 0.6 is 0 Å². The zero-order chi connectivity index (χ0) is 16.7. The SMILES string of the molecule is CC.CC(C)C1CCN(CC2CCC3(CCNCC3)CC2)CC1. The normalized spacial score (nSPS) is 27.0. The number of hydrogen-bond acceptors (Lipinski definition) is 2. The van der Waals surface area contributed by atoms with E-state index in [1.54, 1.807) is 0 Å². The van der Waals surface area contributed by atoms with Crippen molar-refractivity contribution in [3.63, 3.8) is 0 Å². The van der Waals surface area contributed by atoms with Gasteiger partial charge in [0, 0.05) is 6.54 Å². The third kappa shape index (κ3) is 5.46. The molecule has 2 nitrogen and oxygen atoms in total. The first kappa shape index (κ1) is 19.2. The highest BCUT2D eigenvalue weighted by Gasteiger charge is 2.36. The Kier molecular flexibility index (Phi) is 7.88. The molecular weight excluding hydrogens is 280 g/mol. The Morgan fingerprint density at radius 2 is 1.48 bits per heavy atom. The summed E-state index contributed by atoms with van der Waals surface area (Å²) in [4.78, 5) is 2.78. The van der Waals surface area contributed by atoms with Gasteiger partial charge in [0.05, 0.1) is 0 Å². The first-order valence-electron chi connectivity index (χ1n) is 10.6. The summed E-state index contributed by atoms with van der Waals surface area (Å²) in [5.41, 5.74) is 0.742. The summed E-state index contributed by atoms with van der Waals surface area (Å²) in [6.07, 6.45) is 11.8. The number of likely N-dealkylation sites (tertiary alicyclic amines) is 1. The number of nitrogens with one attached hydrogen (secondary N) is 1. The van der Waals surface area contributed by atoms with E-state index in [-0.39, 0.29) is 0 Å². The minimum atomic E-state index is 0.742. The minimum absolute atomic E-state index is 0.742. The van der Waals surface area contributed by atoms with E-state index in [1.807, 2.05) is 13.8 Å². The Bertz CT molecular complexity index is 302. The summed E-state index contributed by atoms with van der Waals surface area (Å²) in [5.74, 6) is 2.88. The number of rotatable bonds is 3. The molecule has 3 fully saturated rings. The average molecular weight is 323 g/mol. The summed E-state index contributed by atoms with van der Waals surface area (Å²) >= 11 is 0. The predicted molar refractivity (Wildman–Crippen MR) is 102 cm³/mol. The molecule has 0 atom stereocenters. The number of nitrogens with zero attached hydrogens (tertiary/aromatic N) is 1. The highest BCUT2D eigenvalue weighted by atomic mass is 15.1. The fraction of sp³-hybridized carbons (Fsp3) is 1.00. The first-order chi connectivity index (χ1) is 11.2. The summed E-state index contributed by atoms with van der Waals surface area (Å²) in [6.45, 7) is 15.5. The molecule has 0 aromatic carbocycles. The van der Waals surface area contributed by atoms with Crippen molar-refractivity contribution >= 4 is 0 Å². The smallest absolute Gasteiger partial charge is 0.000967 e. The van der Waals surface area contributed by atoms with E-state index >= 15 is 0 Å². The van der Waals surface area contributed by atoms with Crippen molar-refractivity contribution in [3.8, 4) is 0 Å². The lowest BCUT2D eigenvalue weighted by molar-refractivity contribution is 0.0745. The van der Waals surface area contributed by atoms with Crippen LogP contribution in [0.5, 0.6) is 0 Å². The molecule has 2 saturated heterocycles. The van der Waals surface area contributed by atoms with Gasteiger partial charge in [-0.1, -0.05) is 27.7 Å². The van der Waals surface area contributed by atoms with E-state index in [9.17, 15) is 0 Å². The van der Waals surface area contributed by atoms with Gasteiger partial charge in [-0.25, -0.2) is 0 Å². The van der Waals surface area contributed by atoms with Crippen LogP contribution in [0.2, 0.25) is 0 Å². The monoisotopic (exact) mass is 322 g/mol. The highest BCUT2D eigenvalue weighted by Crippen LogP contribution is 2.45. The van der Waals surface area contributed by atoms with Gasteiger partial charge in [0.15, 0.2) is 0 Å². The fourth-order valence-corrected chi connectivity index (χ4v) is 5.10. The Balaban J connectivity index is 0.000000924. The summed E-state index contributed by atoms with van der Waals surface area (Å²) in [7, 11) is 0. The van der Waals surface area contributed by atoms with Crippen molar-refractivity contribution < 1.29 is 0 Å². The van der Waals surface area contributed by atoms with Gasteiger partial charge >= 0.3 is 0 Å². The second-order valence-corrected chi connectivity index (χ2v) is 8.58. The van der Waals surface area contributed by atoms with Gasteiger partial charge in [-0.05, 0) is 101 Å². The first-order valence-corrected chi connectivity index (χ1v) is 10.6. The molecule has 1 spiro atoms. The van der Waals surface area contributed by atoms with Gasteiger partial charge in [-0.2, -0.15) is 0 Å². The van der Waals surface area contributed by atoms with Gasteiger partial charge < -0.3 is 10.2 Å². The van der Waals surface area contributed by atoms with Crippen LogP contribution in [0.3, 0.4) is 0 Å². The maximum atomic E-state index is 3.54. The molecule has 2 heteroatoms. The van der Waals surface area contributed by atoms with E-state index in [4.69, 9.17) is 0 Å². The van der Waals surface area contributed by atoms with Crippen molar-refractivity contribution in [1.82, 2.24) is 10.2 Å². The van der Waals surface area contributed by atoms with Gasteiger partial charge in [0.1, 0.15) is 0 Å². The maximum absolute atomic E-state index is 3.54. The largest absolute Gasteiger partial charge is 0.317 e. The number of piperidine rings is 2. The Morgan fingerprint density at radius 1 is 0.913 bits per heavy atom. The topological polar surface area (TPSA) is 15.3 Å². The third-order valence-electron chi connectivity index (χ3n) is 6.92. The van der Waals surface area contributed by atoms with Crippen molar-refractivity contribution in [2.24, 2.45) is 23.2 Å². The second-order valence-electron chi connectivity index (χ2n) is 8.58. The standard InChI is InChI=1S/C19H36N2.C2H6/c1-16(2)18-5-13-21(14-6-18)15-17-3-7-19(8-4-17)9-11-20-12-10-19;1-2/h16-18,20H,3-15H2,1-2H3;1-2H3. The van der Waals surface area contributed by atoms with Crippen LogP contribution in [0.25, 0.3) is 0 Å². The van der Waals surface area contributed by atoms with Gasteiger partial charge in [0.2, 0.25) is 0 Å². The Labute approximate surface area is 145 Å². The zero-order valence-electron chi connectivity index (χ0n) is 16.4. The quantitative estimate of drug-likeness (QED) is 0.791. The predicted octanol–water partition coefficient (Wildman–Crippen LogP) is 4.94. The molecule has 0 unspecified atom stereocenters. The molecule has 3 rings (SSSR count). The van der Waals surface area contributed by atoms with Gasteiger partial charge in [-0.3, -0.25) is 0 Å². The van der Waals surface area contributed by atoms with Gasteiger partial charge in [-0.15, -0.1) is 0 Å². The van der Waals surface area contributed by atoms with Crippen LogP contribution in [0.4, 0.5) is 0 Å². The third-order valence-corrected chi connectivity index (χ3v) is 6.92.